The second-order valence-electron chi connectivity index (χ2n) is 5.10. The molecule has 0 fully saturated rings. The van der Waals surface area contributed by atoms with Crippen LogP contribution in [0.5, 0.6) is 11.5 Å². The molecule has 2 aromatic carbocycles. The Kier molecular flexibility index (Phi) is 5.74. The van der Waals surface area contributed by atoms with Gasteiger partial charge < -0.3 is 15.2 Å². The van der Waals surface area contributed by atoms with Crippen LogP contribution in [0.2, 0.25) is 0 Å². The lowest BCUT2D eigenvalue weighted by Crippen LogP contribution is -2.17. The van der Waals surface area contributed by atoms with E-state index in [4.69, 9.17) is 20.6 Å². The summed E-state index contributed by atoms with van der Waals surface area (Å²) in [5.41, 5.74) is 7.96. The van der Waals surface area contributed by atoms with Crippen molar-refractivity contribution >= 4 is 11.7 Å². The molecule has 0 aliphatic carbocycles. The van der Waals surface area contributed by atoms with Crippen LogP contribution in [0.25, 0.3) is 0 Å². The first-order valence-corrected chi connectivity index (χ1v) is 7.27. The summed E-state index contributed by atoms with van der Waals surface area (Å²) in [5, 5.41) is 7.97. The Balaban J connectivity index is 1.94. The molecule has 0 amide bonds. The summed E-state index contributed by atoms with van der Waals surface area (Å²) in [6.45, 7) is 0. The Bertz CT molecular complexity index is 676. The summed E-state index contributed by atoms with van der Waals surface area (Å²) in [6, 6.07) is 15.2. The van der Waals surface area contributed by atoms with E-state index < -0.39 is 0 Å². The smallest absolute Gasteiger partial charge is 0.126 e. The van der Waals surface area contributed by atoms with Gasteiger partial charge in [-0.15, -0.1) is 0 Å². The number of aliphatic imine (C=N–C) groups is 1. The van der Waals surface area contributed by atoms with Gasteiger partial charge in [-0.05, 0) is 35.4 Å². The van der Waals surface area contributed by atoms with E-state index in [-0.39, 0.29) is 5.84 Å². The normalized spacial score (nSPS) is 11.1. The molecule has 0 radical (unpaired) electrons. The number of hydrogen-bond acceptors (Lipinski definition) is 3. The molecule has 5 heteroatoms. The van der Waals surface area contributed by atoms with Crippen molar-refractivity contribution in [1.29, 1.82) is 5.41 Å². The number of nitrogens with one attached hydrogen (secondary N) is 1. The molecule has 0 aromatic heterocycles. The van der Waals surface area contributed by atoms with Gasteiger partial charge >= 0.3 is 0 Å². The molecule has 120 valence electrons. The average Bonchev–Trinajstić information content (AvgIpc) is 2.56. The van der Waals surface area contributed by atoms with Crippen LogP contribution in [0.1, 0.15) is 11.1 Å². The number of nitrogens with two attached hydrogens (primary N) is 1. The molecular formula is C18H21N3O2. The Labute approximate surface area is 136 Å². The minimum atomic E-state index is 0.237. The number of rotatable bonds is 6. The van der Waals surface area contributed by atoms with Gasteiger partial charge in [0.2, 0.25) is 0 Å². The first-order valence-electron chi connectivity index (χ1n) is 7.27. The van der Waals surface area contributed by atoms with E-state index in [0.717, 1.165) is 22.6 Å². The molecule has 5 nitrogen and oxygen atoms in total. The van der Waals surface area contributed by atoms with Crippen molar-refractivity contribution in [2.75, 3.05) is 14.2 Å². The van der Waals surface area contributed by atoms with Crippen molar-refractivity contribution in [2.24, 2.45) is 10.7 Å². The molecule has 0 aliphatic heterocycles. The molecule has 0 saturated carbocycles. The van der Waals surface area contributed by atoms with Crippen LogP contribution < -0.4 is 15.2 Å². The topological polar surface area (TPSA) is 80.7 Å². The Morgan fingerprint density at radius 2 is 1.30 bits per heavy atom. The highest BCUT2D eigenvalue weighted by Crippen LogP contribution is 2.13. The molecule has 0 saturated heterocycles. The summed E-state index contributed by atoms with van der Waals surface area (Å²) < 4.78 is 10.2. The third kappa shape index (κ3) is 5.14. The first-order chi connectivity index (χ1) is 11.1. The third-order valence-corrected chi connectivity index (χ3v) is 3.35. The van der Waals surface area contributed by atoms with Gasteiger partial charge in [0.25, 0.3) is 0 Å². The fraction of sp³-hybridized carbons (Fsp3) is 0.222. The van der Waals surface area contributed by atoms with Crippen LogP contribution in [0.4, 0.5) is 0 Å². The van der Waals surface area contributed by atoms with Crippen molar-refractivity contribution in [2.45, 2.75) is 12.8 Å². The quantitative estimate of drug-likeness (QED) is 0.636. The predicted molar refractivity (Wildman–Crippen MR) is 92.7 cm³/mol. The highest BCUT2D eigenvalue weighted by molar-refractivity contribution is 5.96. The minimum Gasteiger partial charge on any atom is -0.497 e. The number of nitrogens with zero attached hydrogens (tertiary/aromatic N) is 1. The fourth-order valence-corrected chi connectivity index (χ4v) is 2.14. The Hall–Kier alpha value is -2.82. The SMILES string of the molecule is COc1ccc(CC(=N)N=C(N)Cc2ccc(OC)cc2)cc1. The number of benzene rings is 2. The zero-order chi connectivity index (χ0) is 16.7. The van der Waals surface area contributed by atoms with Crippen LogP contribution >= 0.6 is 0 Å². The summed E-state index contributed by atoms with van der Waals surface area (Å²) in [4.78, 5) is 4.17. The lowest BCUT2D eigenvalue weighted by atomic mass is 10.1. The van der Waals surface area contributed by atoms with Gasteiger partial charge in [0.05, 0.1) is 14.2 Å². The second-order valence-corrected chi connectivity index (χ2v) is 5.10. The van der Waals surface area contributed by atoms with Gasteiger partial charge in [0.15, 0.2) is 0 Å². The van der Waals surface area contributed by atoms with E-state index in [1.165, 1.54) is 0 Å². The van der Waals surface area contributed by atoms with Crippen molar-refractivity contribution in [3.05, 3.63) is 59.7 Å². The van der Waals surface area contributed by atoms with Crippen LogP contribution in [0.15, 0.2) is 53.5 Å². The molecule has 2 aromatic rings. The summed E-state index contributed by atoms with van der Waals surface area (Å²) in [6.07, 6.45) is 0.947. The zero-order valence-corrected chi connectivity index (χ0v) is 13.4. The lowest BCUT2D eigenvalue weighted by Gasteiger charge is -2.05. The van der Waals surface area contributed by atoms with Gasteiger partial charge in [-0.2, -0.15) is 0 Å². The standard InChI is InChI=1S/C18H21N3O2/c1-22-15-7-3-13(4-8-15)11-17(19)21-18(20)12-14-5-9-16(23-2)10-6-14/h3-10H,11-12H2,1-2H3,(H3,19,20,21). The van der Waals surface area contributed by atoms with E-state index >= 15 is 0 Å². The number of methoxy groups -OCH3 is 2. The van der Waals surface area contributed by atoms with Crippen molar-refractivity contribution < 1.29 is 9.47 Å². The molecule has 0 spiro atoms. The van der Waals surface area contributed by atoms with E-state index in [1.54, 1.807) is 14.2 Å². The van der Waals surface area contributed by atoms with Crippen molar-refractivity contribution in [1.82, 2.24) is 0 Å². The molecule has 0 aliphatic rings. The molecule has 2 rings (SSSR count). The summed E-state index contributed by atoms with van der Waals surface area (Å²) in [7, 11) is 3.26. The molecule has 3 N–H and O–H groups in total. The predicted octanol–water partition coefficient (Wildman–Crippen LogP) is 2.82. The Morgan fingerprint density at radius 3 is 1.74 bits per heavy atom. The van der Waals surface area contributed by atoms with Crippen LogP contribution in [0, 0.1) is 5.41 Å². The molecule has 0 unspecified atom stereocenters. The van der Waals surface area contributed by atoms with Gasteiger partial charge in [-0.25, -0.2) is 4.99 Å². The largest absolute Gasteiger partial charge is 0.497 e. The van der Waals surface area contributed by atoms with Gasteiger partial charge in [-0.1, -0.05) is 24.3 Å². The van der Waals surface area contributed by atoms with E-state index in [9.17, 15) is 0 Å². The van der Waals surface area contributed by atoms with Gasteiger partial charge in [-0.3, -0.25) is 5.41 Å². The number of ether oxygens (including phenoxy) is 2. The third-order valence-electron chi connectivity index (χ3n) is 3.35. The lowest BCUT2D eigenvalue weighted by molar-refractivity contribution is 0.414. The Morgan fingerprint density at radius 1 is 0.870 bits per heavy atom. The van der Waals surface area contributed by atoms with Crippen molar-refractivity contribution in [3.63, 3.8) is 0 Å². The maximum Gasteiger partial charge on any atom is 0.126 e. The molecule has 0 atom stereocenters. The van der Waals surface area contributed by atoms with Crippen LogP contribution in [0.3, 0.4) is 0 Å². The fourth-order valence-electron chi connectivity index (χ4n) is 2.14. The average molecular weight is 311 g/mol. The summed E-state index contributed by atoms with van der Waals surface area (Å²) in [5.74, 6) is 2.26. The monoisotopic (exact) mass is 311 g/mol. The van der Waals surface area contributed by atoms with Crippen LogP contribution in [-0.4, -0.2) is 25.9 Å². The van der Waals surface area contributed by atoms with E-state index in [2.05, 4.69) is 4.99 Å². The second kappa shape index (κ2) is 7.98. The van der Waals surface area contributed by atoms with E-state index in [0.29, 0.717) is 18.7 Å². The molecule has 0 heterocycles. The van der Waals surface area contributed by atoms with Crippen molar-refractivity contribution in [3.8, 4) is 11.5 Å². The van der Waals surface area contributed by atoms with E-state index in [1.807, 2.05) is 48.5 Å². The van der Waals surface area contributed by atoms with Crippen LogP contribution in [-0.2, 0) is 12.8 Å². The number of hydrogen-bond donors (Lipinski definition) is 2. The van der Waals surface area contributed by atoms with Gasteiger partial charge in [0, 0.05) is 12.8 Å². The highest BCUT2D eigenvalue weighted by Gasteiger charge is 2.02. The molecule has 0 bridgehead atoms. The van der Waals surface area contributed by atoms with Gasteiger partial charge in [0.1, 0.15) is 23.2 Å². The number of amidine groups is 2. The zero-order valence-electron chi connectivity index (χ0n) is 13.4. The maximum atomic E-state index is 7.97. The minimum absolute atomic E-state index is 0.237. The summed E-state index contributed by atoms with van der Waals surface area (Å²) >= 11 is 0. The molecular weight excluding hydrogens is 290 g/mol. The molecule has 23 heavy (non-hydrogen) atoms. The first kappa shape index (κ1) is 16.5. The highest BCUT2D eigenvalue weighted by atomic mass is 16.5. The maximum absolute atomic E-state index is 7.97.